The number of carbonyl (C=O) groups excluding carboxylic acids is 2. The van der Waals surface area contributed by atoms with E-state index in [2.05, 4.69) is 21.9 Å². The molecule has 7 nitrogen and oxygen atoms in total. The smallest absolute Gasteiger partial charge is 0.225 e. The highest BCUT2D eigenvalue weighted by molar-refractivity contribution is 5.89. The van der Waals surface area contributed by atoms with Crippen LogP contribution in [0.5, 0.6) is 5.75 Å². The van der Waals surface area contributed by atoms with E-state index >= 15 is 0 Å². The molecule has 1 aromatic heterocycles. The number of hydrogen-bond donors (Lipinski definition) is 2. The van der Waals surface area contributed by atoms with Crippen molar-refractivity contribution in [3.63, 3.8) is 0 Å². The summed E-state index contributed by atoms with van der Waals surface area (Å²) in [5, 5.41) is 2.85. The molecule has 1 aliphatic rings. The Morgan fingerprint density at radius 1 is 1.58 bits per heavy atom. The zero-order chi connectivity index (χ0) is 17.1. The highest BCUT2D eigenvalue weighted by atomic mass is 16.5. The Bertz CT molecular complexity index is 783. The number of imidazole rings is 1. The lowest BCUT2D eigenvalue weighted by molar-refractivity contribution is -0.128. The van der Waals surface area contributed by atoms with Gasteiger partial charge in [-0.3, -0.25) is 9.59 Å². The number of H-pyrrole nitrogens is 1. The number of benzene rings is 1. The molecule has 1 unspecified atom stereocenters. The van der Waals surface area contributed by atoms with Crippen molar-refractivity contribution < 1.29 is 14.3 Å². The maximum atomic E-state index is 12.3. The predicted molar refractivity (Wildman–Crippen MR) is 89.4 cm³/mol. The van der Waals surface area contributed by atoms with E-state index in [1.807, 2.05) is 18.2 Å². The van der Waals surface area contributed by atoms with Crippen molar-refractivity contribution in [1.29, 1.82) is 0 Å². The van der Waals surface area contributed by atoms with Crippen LogP contribution in [0.2, 0.25) is 0 Å². The third kappa shape index (κ3) is 3.24. The zero-order valence-corrected chi connectivity index (χ0v) is 13.5. The number of ether oxygens (including phenoxy) is 1. The van der Waals surface area contributed by atoms with Crippen LogP contribution in [0, 0.1) is 5.92 Å². The topological polar surface area (TPSA) is 87.3 Å². The number of aromatic amines is 1. The minimum atomic E-state index is -0.318. The van der Waals surface area contributed by atoms with Gasteiger partial charge < -0.3 is 19.9 Å². The van der Waals surface area contributed by atoms with Gasteiger partial charge in [0, 0.05) is 25.6 Å². The summed E-state index contributed by atoms with van der Waals surface area (Å²) in [6.07, 6.45) is 1.91. The van der Waals surface area contributed by atoms with Crippen molar-refractivity contribution in [3.05, 3.63) is 36.7 Å². The maximum Gasteiger partial charge on any atom is 0.225 e. The van der Waals surface area contributed by atoms with Gasteiger partial charge in [0.05, 0.1) is 30.6 Å². The molecule has 1 aliphatic heterocycles. The first kappa shape index (κ1) is 16.0. The predicted octanol–water partition coefficient (Wildman–Crippen LogP) is 1.22. The summed E-state index contributed by atoms with van der Waals surface area (Å²) in [7, 11) is 1.61. The second-order valence-corrected chi connectivity index (χ2v) is 5.77. The quantitative estimate of drug-likeness (QED) is 0.781. The fraction of sp³-hybridized carbons (Fsp3) is 0.353. The molecule has 2 aromatic rings. The van der Waals surface area contributed by atoms with Crippen molar-refractivity contribution in [3.8, 4) is 5.75 Å². The van der Waals surface area contributed by atoms with E-state index in [-0.39, 0.29) is 24.2 Å². The minimum absolute atomic E-state index is 0.00844. The fourth-order valence-electron chi connectivity index (χ4n) is 2.85. The van der Waals surface area contributed by atoms with Crippen molar-refractivity contribution in [1.82, 2.24) is 20.2 Å². The average molecular weight is 328 g/mol. The number of likely N-dealkylation sites (tertiary alicyclic amines) is 1. The SMILES string of the molecule is C=CCN1CC(C(=O)NCc2nc3ccc(OC)cc3[nH]2)CC1=O. The fourth-order valence-corrected chi connectivity index (χ4v) is 2.85. The zero-order valence-electron chi connectivity index (χ0n) is 13.5. The van der Waals surface area contributed by atoms with E-state index in [0.29, 0.717) is 25.5 Å². The van der Waals surface area contributed by atoms with E-state index < -0.39 is 0 Å². The highest BCUT2D eigenvalue weighted by Gasteiger charge is 2.33. The summed E-state index contributed by atoms with van der Waals surface area (Å²) in [5.41, 5.74) is 1.67. The van der Waals surface area contributed by atoms with Gasteiger partial charge >= 0.3 is 0 Å². The molecular formula is C17H20N4O3. The first-order chi connectivity index (χ1) is 11.6. The number of nitrogens with one attached hydrogen (secondary N) is 2. The molecule has 126 valence electrons. The van der Waals surface area contributed by atoms with Gasteiger partial charge in [-0.15, -0.1) is 6.58 Å². The maximum absolute atomic E-state index is 12.3. The van der Waals surface area contributed by atoms with Gasteiger partial charge in [-0.25, -0.2) is 4.98 Å². The Labute approximate surface area is 139 Å². The van der Waals surface area contributed by atoms with Crippen LogP contribution >= 0.6 is 0 Å². The number of nitrogens with zero attached hydrogens (tertiary/aromatic N) is 2. The third-order valence-corrected chi connectivity index (χ3v) is 4.10. The molecule has 7 heteroatoms. The Kier molecular flexibility index (Phi) is 4.50. The number of rotatable bonds is 6. The van der Waals surface area contributed by atoms with E-state index in [0.717, 1.165) is 16.8 Å². The standard InChI is InChI=1S/C17H20N4O3/c1-3-6-21-10-11(7-16(21)22)17(23)18-9-15-19-13-5-4-12(24-2)8-14(13)20-15/h3-5,8,11H,1,6-7,9-10H2,2H3,(H,18,23)(H,19,20). The molecule has 1 atom stereocenters. The van der Waals surface area contributed by atoms with Crippen LogP contribution in [0.3, 0.4) is 0 Å². The van der Waals surface area contributed by atoms with E-state index in [1.165, 1.54) is 0 Å². The molecule has 2 N–H and O–H groups in total. The largest absolute Gasteiger partial charge is 0.497 e. The molecule has 1 fully saturated rings. The van der Waals surface area contributed by atoms with Crippen LogP contribution in [-0.2, 0) is 16.1 Å². The molecule has 0 bridgehead atoms. The molecule has 2 heterocycles. The normalized spacial score (nSPS) is 17.3. The van der Waals surface area contributed by atoms with Crippen LogP contribution < -0.4 is 10.1 Å². The van der Waals surface area contributed by atoms with Crippen LogP contribution in [0.1, 0.15) is 12.2 Å². The first-order valence-corrected chi connectivity index (χ1v) is 7.79. The van der Waals surface area contributed by atoms with E-state index in [9.17, 15) is 9.59 Å². The molecule has 2 amide bonds. The monoisotopic (exact) mass is 328 g/mol. The highest BCUT2D eigenvalue weighted by Crippen LogP contribution is 2.20. The summed E-state index contributed by atoms with van der Waals surface area (Å²) in [6.45, 7) is 4.83. The molecule has 1 saturated heterocycles. The lowest BCUT2D eigenvalue weighted by Gasteiger charge is -2.13. The van der Waals surface area contributed by atoms with Crippen molar-refractivity contribution in [2.75, 3.05) is 20.2 Å². The molecule has 0 spiro atoms. The van der Waals surface area contributed by atoms with Crippen molar-refractivity contribution in [2.24, 2.45) is 5.92 Å². The van der Waals surface area contributed by atoms with Crippen LogP contribution in [-0.4, -0.2) is 46.9 Å². The number of hydrogen-bond acceptors (Lipinski definition) is 4. The molecule has 0 saturated carbocycles. The molecule has 24 heavy (non-hydrogen) atoms. The van der Waals surface area contributed by atoms with Gasteiger partial charge in [-0.1, -0.05) is 6.08 Å². The van der Waals surface area contributed by atoms with Gasteiger partial charge in [-0.2, -0.15) is 0 Å². The Balaban J connectivity index is 1.60. The summed E-state index contributed by atoms with van der Waals surface area (Å²) in [4.78, 5) is 33.3. The van der Waals surface area contributed by atoms with Crippen LogP contribution in [0.4, 0.5) is 0 Å². The number of amides is 2. The number of carbonyl (C=O) groups is 2. The van der Waals surface area contributed by atoms with Gasteiger partial charge in [0.2, 0.25) is 11.8 Å². The van der Waals surface area contributed by atoms with Crippen molar-refractivity contribution in [2.45, 2.75) is 13.0 Å². The minimum Gasteiger partial charge on any atom is -0.497 e. The van der Waals surface area contributed by atoms with Crippen LogP contribution in [0.15, 0.2) is 30.9 Å². The first-order valence-electron chi connectivity index (χ1n) is 7.79. The molecule has 0 radical (unpaired) electrons. The summed E-state index contributed by atoms with van der Waals surface area (Å²) in [5.74, 6) is 0.952. The van der Waals surface area contributed by atoms with Gasteiger partial charge in [-0.05, 0) is 12.1 Å². The van der Waals surface area contributed by atoms with E-state index in [4.69, 9.17) is 4.74 Å². The molecule has 0 aliphatic carbocycles. The summed E-state index contributed by atoms with van der Waals surface area (Å²) < 4.78 is 5.18. The van der Waals surface area contributed by atoms with E-state index in [1.54, 1.807) is 18.1 Å². The third-order valence-electron chi connectivity index (χ3n) is 4.10. The summed E-state index contributed by atoms with van der Waals surface area (Å²) in [6, 6.07) is 5.55. The Hall–Kier alpha value is -2.83. The van der Waals surface area contributed by atoms with Gasteiger partial charge in [0.15, 0.2) is 0 Å². The second kappa shape index (κ2) is 6.74. The average Bonchev–Trinajstić information content (AvgIpc) is 3.15. The van der Waals surface area contributed by atoms with Gasteiger partial charge in [0.25, 0.3) is 0 Å². The van der Waals surface area contributed by atoms with Crippen LogP contribution in [0.25, 0.3) is 11.0 Å². The lowest BCUT2D eigenvalue weighted by Crippen LogP contribution is -2.32. The lowest BCUT2D eigenvalue weighted by atomic mass is 10.1. The number of fused-ring (bicyclic) bond motifs is 1. The molecular weight excluding hydrogens is 308 g/mol. The summed E-state index contributed by atoms with van der Waals surface area (Å²) >= 11 is 0. The Morgan fingerprint density at radius 3 is 3.17 bits per heavy atom. The van der Waals surface area contributed by atoms with Gasteiger partial charge in [0.1, 0.15) is 11.6 Å². The Morgan fingerprint density at radius 2 is 2.42 bits per heavy atom. The van der Waals surface area contributed by atoms with Crippen molar-refractivity contribution >= 4 is 22.8 Å². The number of methoxy groups -OCH3 is 1. The second-order valence-electron chi connectivity index (χ2n) is 5.77. The molecule has 3 rings (SSSR count). The molecule has 1 aromatic carbocycles. The number of aromatic nitrogens is 2.